The van der Waals surface area contributed by atoms with Crippen LogP contribution < -0.4 is 0 Å². The molecule has 0 aliphatic rings. The van der Waals surface area contributed by atoms with Crippen LogP contribution in [-0.4, -0.2) is 16.1 Å². The van der Waals surface area contributed by atoms with E-state index in [9.17, 15) is 4.79 Å². The highest BCUT2D eigenvalue weighted by atomic mass is 16.4. The van der Waals surface area contributed by atoms with E-state index in [0.717, 1.165) is 22.0 Å². The lowest BCUT2D eigenvalue weighted by Crippen LogP contribution is -1.91. The number of carboxylic acids is 1. The fourth-order valence-electron chi connectivity index (χ4n) is 1.64. The van der Waals surface area contributed by atoms with Gasteiger partial charge in [-0.05, 0) is 24.6 Å². The number of rotatable bonds is 1. The maximum Gasteiger partial charge on any atom is 0.315 e. The molecule has 0 bridgehead atoms. The Kier molecular flexibility index (Phi) is 3.06. The van der Waals surface area contributed by atoms with Crippen LogP contribution in [-0.2, 0) is 4.79 Å². The van der Waals surface area contributed by atoms with Crippen molar-refractivity contribution in [3.05, 3.63) is 41.6 Å². The Morgan fingerprint density at radius 3 is 3.00 bits per heavy atom. The van der Waals surface area contributed by atoms with Crippen molar-refractivity contribution in [1.29, 1.82) is 0 Å². The van der Waals surface area contributed by atoms with Crippen molar-refractivity contribution in [3.63, 3.8) is 0 Å². The highest BCUT2D eigenvalue weighted by Crippen LogP contribution is 2.18. The summed E-state index contributed by atoms with van der Waals surface area (Å²) in [5, 5.41) is 9.58. The molecule has 1 aromatic carbocycles. The van der Waals surface area contributed by atoms with Crippen LogP contribution in [0.3, 0.4) is 0 Å². The molecule has 3 nitrogen and oxygen atoms in total. The van der Waals surface area contributed by atoms with Gasteiger partial charge in [0.25, 0.3) is 0 Å². The Hall–Kier alpha value is -2.34. The summed E-state index contributed by atoms with van der Waals surface area (Å²) in [6.45, 7) is 1.94. The Balaban J connectivity index is 2.45. The molecule has 17 heavy (non-hydrogen) atoms. The van der Waals surface area contributed by atoms with Crippen LogP contribution in [0, 0.1) is 18.8 Å². The fourth-order valence-corrected chi connectivity index (χ4v) is 1.64. The molecule has 1 heterocycles. The maximum absolute atomic E-state index is 10.4. The van der Waals surface area contributed by atoms with Crippen LogP contribution in [0.2, 0.25) is 0 Å². The van der Waals surface area contributed by atoms with Gasteiger partial charge in [-0.3, -0.25) is 9.78 Å². The number of aromatic nitrogens is 1. The molecule has 84 valence electrons. The van der Waals surface area contributed by atoms with Crippen LogP contribution in [0.5, 0.6) is 0 Å². The first kappa shape index (κ1) is 11.2. The smallest absolute Gasteiger partial charge is 0.315 e. The minimum absolute atomic E-state index is 0.139. The van der Waals surface area contributed by atoms with Gasteiger partial charge in [0.1, 0.15) is 6.42 Å². The van der Waals surface area contributed by atoms with Gasteiger partial charge in [0.15, 0.2) is 0 Å². The topological polar surface area (TPSA) is 50.2 Å². The second kappa shape index (κ2) is 4.67. The number of fused-ring (bicyclic) bond motifs is 1. The molecule has 0 atom stereocenters. The van der Waals surface area contributed by atoms with Gasteiger partial charge in [0, 0.05) is 17.1 Å². The van der Waals surface area contributed by atoms with E-state index in [1.54, 1.807) is 6.20 Å². The molecule has 0 radical (unpaired) electrons. The number of nitrogens with zero attached hydrogens (tertiary/aromatic N) is 1. The van der Waals surface area contributed by atoms with Gasteiger partial charge in [-0.2, -0.15) is 0 Å². The first-order valence-electron chi connectivity index (χ1n) is 5.23. The van der Waals surface area contributed by atoms with Gasteiger partial charge in [-0.1, -0.05) is 24.0 Å². The largest absolute Gasteiger partial charge is 0.481 e. The number of carbonyl (C=O) groups is 1. The number of aliphatic carboxylic acids is 1. The van der Waals surface area contributed by atoms with Crippen molar-refractivity contribution >= 4 is 16.9 Å². The van der Waals surface area contributed by atoms with Crippen LogP contribution in [0.4, 0.5) is 0 Å². The molecule has 0 aliphatic carbocycles. The molecule has 1 N–H and O–H groups in total. The second-order valence-corrected chi connectivity index (χ2v) is 3.69. The summed E-state index contributed by atoms with van der Waals surface area (Å²) < 4.78 is 0. The standard InChI is InChI=1S/C14H11NO2/c1-10-11(4-2-6-13(16)17)7-8-12-5-3-9-15-14(10)12/h3,5,7-9H,6H2,1H3,(H,16,17). The van der Waals surface area contributed by atoms with Gasteiger partial charge in [-0.15, -0.1) is 0 Å². The van der Waals surface area contributed by atoms with Crippen molar-refractivity contribution in [2.45, 2.75) is 13.3 Å². The van der Waals surface area contributed by atoms with Crippen LogP contribution >= 0.6 is 0 Å². The van der Waals surface area contributed by atoms with E-state index in [1.165, 1.54) is 0 Å². The Bertz CT molecular complexity index is 635. The summed E-state index contributed by atoms with van der Waals surface area (Å²) in [5.41, 5.74) is 2.73. The lowest BCUT2D eigenvalue weighted by atomic mass is 10.0. The van der Waals surface area contributed by atoms with Crippen LogP contribution in [0.15, 0.2) is 30.5 Å². The predicted molar refractivity (Wildman–Crippen MR) is 65.6 cm³/mol. The summed E-state index contributed by atoms with van der Waals surface area (Å²) in [4.78, 5) is 14.7. The minimum Gasteiger partial charge on any atom is -0.481 e. The van der Waals surface area contributed by atoms with Gasteiger partial charge in [-0.25, -0.2) is 0 Å². The molecule has 0 unspecified atom stereocenters. The lowest BCUT2D eigenvalue weighted by Gasteiger charge is -2.02. The summed E-state index contributed by atoms with van der Waals surface area (Å²) >= 11 is 0. The van der Waals surface area contributed by atoms with E-state index in [2.05, 4.69) is 16.8 Å². The summed E-state index contributed by atoms with van der Waals surface area (Å²) in [6, 6.07) is 7.72. The fraction of sp³-hybridized carbons (Fsp3) is 0.143. The van der Waals surface area contributed by atoms with Crippen molar-refractivity contribution in [2.75, 3.05) is 0 Å². The van der Waals surface area contributed by atoms with E-state index < -0.39 is 5.97 Å². The summed E-state index contributed by atoms with van der Waals surface area (Å²) in [7, 11) is 0. The van der Waals surface area contributed by atoms with Gasteiger partial charge in [0.05, 0.1) is 5.52 Å². The molecular formula is C14H11NO2. The molecular weight excluding hydrogens is 214 g/mol. The second-order valence-electron chi connectivity index (χ2n) is 3.69. The molecule has 2 aromatic rings. The zero-order valence-electron chi connectivity index (χ0n) is 9.40. The van der Waals surface area contributed by atoms with Crippen molar-refractivity contribution in [1.82, 2.24) is 4.98 Å². The normalized spacial score (nSPS) is 9.71. The van der Waals surface area contributed by atoms with Crippen molar-refractivity contribution < 1.29 is 9.90 Å². The zero-order chi connectivity index (χ0) is 12.3. The average Bonchev–Trinajstić information content (AvgIpc) is 2.32. The minimum atomic E-state index is -0.908. The Morgan fingerprint density at radius 1 is 1.41 bits per heavy atom. The maximum atomic E-state index is 10.4. The predicted octanol–water partition coefficient (Wildman–Crippen LogP) is 2.37. The Morgan fingerprint density at radius 2 is 2.24 bits per heavy atom. The van der Waals surface area contributed by atoms with E-state index in [-0.39, 0.29) is 6.42 Å². The molecule has 0 aliphatic heterocycles. The van der Waals surface area contributed by atoms with Crippen LogP contribution in [0.25, 0.3) is 10.9 Å². The summed E-state index contributed by atoms with van der Waals surface area (Å²) in [5.74, 6) is 4.59. The van der Waals surface area contributed by atoms with Gasteiger partial charge >= 0.3 is 5.97 Å². The van der Waals surface area contributed by atoms with Crippen molar-refractivity contribution in [3.8, 4) is 11.8 Å². The number of hydrogen-bond donors (Lipinski definition) is 1. The zero-order valence-corrected chi connectivity index (χ0v) is 9.40. The lowest BCUT2D eigenvalue weighted by molar-refractivity contribution is -0.135. The highest BCUT2D eigenvalue weighted by molar-refractivity contribution is 5.83. The molecule has 1 aromatic heterocycles. The average molecular weight is 225 g/mol. The third-order valence-corrected chi connectivity index (χ3v) is 2.49. The van der Waals surface area contributed by atoms with Gasteiger partial charge < -0.3 is 5.11 Å². The molecule has 0 amide bonds. The highest BCUT2D eigenvalue weighted by Gasteiger charge is 2.01. The number of benzene rings is 1. The molecule has 0 spiro atoms. The first-order chi connectivity index (χ1) is 8.18. The molecule has 0 saturated heterocycles. The Labute approximate surface area is 99.1 Å². The SMILES string of the molecule is Cc1c(C#CCC(=O)O)ccc2cccnc12. The number of carboxylic acid groups (broad SMARTS) is 1. The first-order valence-corrected chi connectivity index (χ1v) is 5.23. The quantitative estimate of drug-likeness (QED) is 0.758. The van der Waals surface area contributed by atoms with E-state index in [4.69, 9.17) is 5.11 Å². The summed E-state index contributed by atoms with van der Waals surface area (Å²) in [6.07, 6.45) is 1.60. The van der Waals surface area contributed by atoms with Crippen LogP contribution in [0.1, 0.15) is 17.5 Å². The molecule has 2 rings (SSSR count). The van der Waals surface area contributed by atoms with Gasteiger partial charge in [0.2, 0.25) is 0 Å². The van der Waals surface area contributed by atoms with E-state index >= 15 is 0 Å². The number of pyridine rings is 1. The molecule has 0 fully saturated rings. The number of aryl methyl sites for hydroxylation is 1. The monoisotopic (exact) mass is 225 g/mol. The third-order valence-electron chi connectivity index (χ3n) is 2.49. The molecule has 3 heteroatoms. The van der Waals surface area contributed by atoms with Crippen molar-refractivity contribution in [2.24, 2.45) is 0 Å². The van der Waals surface area contributed by atoms with E-state index in [0.29, 0.717) is 0 Å². The third kappa shape index (κ3) is 2.43. The molecule has 0 saturated carbocycles. The number of hydrogen-bond acceptors (Lipinski definition) is 2. The van der Waals surface area contributed by atoms with E-state index in [1.807, 2.05) is 31.2 Å².